The van der Waals surface area contributed by atoms with Gasteiger partial charge in [-0.1, -0.05) is 6.08 Å². The topological polar surface area (TPSA) is 50.4 Å². The van der Waals surface area contributed by atoms with Gasteiger partial charge in [-0.2, -0.15) is 0 Å². The first-order valence-corrected chi connectivity index (χ1v) is 3.34. The van der Waals surface area contributed by atoms with Crippen molar-refractivity contribution in [1.29, 1.82) is 0 Å². The Morgan fingerprint density at radius 1 is 1.80 bits per heavy atom. The Bertz CT molecular complexity index is 127. The third-order valence-corrected chi connectivity index (χ3v) is 0.827. The van der Waals surface area contributed by atoms with Crippen molar-refractivity contribution in [2.75, 3.05) is 6.54 Å². The van der Waals surface area contributed by atoms with E-state index in [-0.39, 0.29) is 0 Å². The lowest BCUT2D eigenvalue weighted by molar-refractivity contribution is 0.726. The highest BCUT2D eigenvalue weighted by Crippen LogP contribution is 1.75. The van der Waals surface area contributed by atoms with Crippen molar-refractivity contribution in [1.82, 2.24) is 5.32 Å². The van der Waals surface area contributed by atoms with E-state index < -0.39 is 0 Å². The maximum atomic E-state index is 5.45. The normalized spacial score (nSPS) is 11.7. The van der Waals surface area contributed by atoms with E-state index in [2.05, 4.69) is 16.9 Å². The van der Waals surface area contributed by atoms with Crippen LogP contribution in [0.1, 0.15) is 13.8 Å². The lowest BCUT2D eigenvalue weighted by Gasteiger charge is -2.07. The minimum Gasteiger partial charge on any atom is -0.370 e. The lowest BCUT2D eigenvalue weighted by atomic mass is 10.4. The van der Waals surface area contributed by atoms with Gasteiger partial charge in [-0.25, -0.2) is 4.99 Å². The van der Waals surface area contributed by atoms with Gasteiger partial charge in [0.25, 0.3) is 0 Å². The highest BCUT2D eigenvalue weighted by atomic mass is 15.1. The zero-order valence-corrected chi connectivity index (χ0v) is 6.59. The summed E-state index contributed by atoms with van der Waals surface area (Å²) in [6.07, 6.45) is 1.70. The zero-order chi connectivity index (χ0) is 7.98. The van der Waals surface area contributed by atoms with Crippen molar-refractivity contribution >= 4 is 5.96 Å². The van der Waals surface area contributed by atoms with Crippen LogP contribution in [-0.4, -0.2) is 18.5 Å². The van der Waals surface area contributed by atoms with Crippen molar-refractivity contribution < 1.29 is 0 Å². The van der Waals surface area contributed by atoms with Crippen molar-refractivity contribution in [3.05, 3.63) is 12.7 Å². The van der Waals surface area contributed by atoms with Crippen molar-refractivity contribution in [2.24, 2.45) is 10.7 Å². The fourth-order valence-corrected chi connectivity index (χ4v) is 0.504. The van der Waals surface area contributed by atoms with Crippen LogP contribution in [0.5, 0.6) is 0 Å². The number of aliphatic imine (C=N–C) groups is 1. The second-order valence-corrected chi connectivity index (χ2v) is 2.31. The van der Waals surface area contributed by atoms with Gasteiger partial charge in [0.05, 0.1) is 6.54 Å². The van der Waals surface area contributed by atoms with Crippen molar-refractivity contribution in [2.45, 2.75) is 19.9 Å². The molecule has 0 atom stereocenters. The van der Waals surface area contributed by atoms with E-state index in [9.17, 15) is 0 Å². The molecule has 0 aliphatic rings. The summed E-state index contributed by atoms with van der Waals surface area (Å²) < 4.78 is 0. The molecule has 0 aromatic carbocycles. The summed E-state index contributed by atoms with van der Waals surface area (Å²) in [4.78, 5) is 3.95. The first kappa shape index (κ1) is 9.01. The second kappa shape index (κ2) is 4.85. The summed E-state index contributed by atoms with van der Waals surface area (Å²) in [6, 6.07) is 0.341. The largest absolute Gasteiger partial charge is 0.370 e. The summed E-state index contributed by atoms with van der Waals surface area (Å²) in [6.45, 7) is 8.12. The molecule has 0 bridgehead atoms. The highest BCUT2D eigenvalue weighted by Gasteiger charge is 1.91. The molecule has 0 unspecified atom stereocenters. The third-order valence-electron chi connectivity index (χ3n) is 0.827. The van der Waals surface area contributed by atoms with E-state index in [0.717, 1.165) is 0 Å². The fourth-order valence-electron chi connectivity index (χ4n) is 0.504. The Morgan fingerprint density at radius 3 is 2.80 bits per heavy atom. The van der Waals surface area contributed by atoms with Crippen molar-refractivity contribution in [3.63, 3.8) is 0 Å². The van der Waals surface area contributed by atoms with E-state index in [1.807, 2.05) is 13.8 Å². The Balaban J connectivity index is 3.59. The summed E-state index contributed by atoms with van der Waals surface area (Å²) in [5.74, 6) is 0.481. The molecule has 0 amide bonds. The smallest absolute Gasteiger partial charge is 0.189 e. The molecule has 58 valence electrons. The number of nitrogens with two attached hydrogens (primary N) is 1. The van der Waals surface area contributed by atoms with Gasteiger partial charge in [-0.3, -0.25) is 0 Å². The summed E-state index contributed by atoms with van der Waals surface area (Å²) in [5, 5.41) is 2.96. The minimum atomic E-state index is 0.341. The standard InChI is InChI=1S/C7H15N3/c1-4-5-9-7(8)10-6(2)3/h4,6H,1,5H2,2-3H3,(H3,8,9,10). The predicted molar refractivity (Wildman–Crippen MR) is 45.0 cm³/mol. The molecular formula is C7H15N3. The third kappa shape index (κ3) is 5.15. The summed E-state index contributed by atoms with van der Waals surface area (Å²) in [5.41, 5.74) is 5.45. The number of hydrogen-bond donors (Lipinski definition) is 2. The average molecular weight is 141 g/mol. The van der Waals surface area contributed by atoms with Crippen LogP contribution in [0.15, 0.2) is 17.6 Å². The molecule has 0 heterocycles. The molecule has 0 aliphatic carbocycles. The van der Waals surface area contributed by atoms with Gasteiger partial charge in [-0.05, 0) is 13.8 Å². The van der Waals surface area contributed by atoms with Crippen LogP contribution in [0, 0.1) is 0 Å². The van der Waals surface area contributed by atoms with Crippen LogP contribution in [0.25, 0.3) is 0 Å². The Kier molecular flexibility index (Phi) is 4.37. The Hall–Kier alpha value is -0.990. The second-order valence-electron chi connectivity index (χ2n) is 2.31. The monoisotopic (exact) mass is 141 g/mol. The maximum absolute atomic E-state index is 5.45. The molecule has 3 heteroatoms. The molecule has 3 N–H and O–H groups in total. The average Bonchev–Trinajstić information content (AvgIpc) is 1.82. The predicted octanol–water partition coefficient (Wildman–Crippen LogP) is 0.485. The van der Waals surface area contributed by atoms with Gasteiger partial charge in [0.2, 0.25) is 0 Å². The van der Waals surface area contributed by atoms with E-state index in [1.54, 1.807) is 6.08 Å². The molecule has 0 fully saturated rings. The van der Waals surface area contributed by atoms with Gasteiger partial charge >= 0.3 is 0 Å². The minimum absolute atomic E-state index is 0.341. The molecular weight excluding hydrogens is 126 g/mol. The van der Waals surface area contributed by atoms with Crippen LogP contribution in [0.3, 0.4) is 0 Å². The quantitative estimate of drug-likeness (QED) is 0.341. The van der Waals surface area contributed by atoms with Crippen LogP contribution < -0.4 is 11.1 Å². The van der Waals surface area contributed by atoms with Crippen molar-refractivity contribution in [3.8, 4) is 0 Å². The van der Waals surface area contributed by atoms with Crippen LogP contribution in [0.4, 0.5) is 0 Å². The molecule has 0 radical (unpaired) electrons. The van der Waals surface area contributed by atoms with Crippen LogP contribution in [-0.2, 0) is 0 Å². The van der Waals surface area contributed by atoms with Gasteiger partial charge < -0.3 is 11.1 Å². The van der Waals surface area contributed by atoms with Gasteiger partial charge in [0, 0.05) is 6.04 Å². The number of rotatable bonds is 3. The number of hydrogen-bond acceptors (Lipinski definition) is 1. The molecule has 0 rings (SSSR count). The van der Waals surface area contributed by atoms with Gasteiger partial charge in [0.15, 0.2) is 5.96 Å². The maximum Gasteiger partial charge on any atom is 0.189 e. The fraction of sp³-hybridized carbons (Fsp3) is 0.571. The molecule has 0 aromatic rings. The van der Waals surface area contributed by atoms with E-state index in [4.69, 9.17) is 5.73 Å². The molecule has 0 saturated heterocycles. The number of nitrogens with zero attached hydrogens (tertiary/aromatic N) is 1. The molecule has 10 heavy (non-hydrogen) atoms. The summed E-state index contributed by atoms with van der Waals surface area (Å²) >= 11 is 0. The molecule has 0 spiro atoms. The van der Waals surface area contributed by atoms with Crippen LogP contribution in [0.2, 0.25) is 0 Å². The molecule has 0 saturated carbocycles. The lowest BCUT2D eigenvalue weighted by Crippen LogP contribution is -2.36. The zero-order valence-electron chi connectivity index (χ0n) is 6.59. The number of guanidine groups is 1. The molecule has 0 aromatic heterocycles. The Labute approximate surface area is 62.0 Å². The highest BCUT2D eigenvalue weighted by molar-refractivity contribution is 5.78. The SMILES string of the molecule is C=CCN=C(N)NC(C)C. The van der Waals surface area contributed by atoms with Gasteiger partial charge in [0.1, 0.15) is 0 Å². The Morgan fingerprint density at radius 2 is 2.40 bits per heavy atom. The number of nitrogens with one attached hydrogen (secondary N) is 1. The molecule has 3 nitrogen and oxygen atoms in total. The summed E-state index contributed by atoms with van der Waals surface area (Å²) in [7, 11) is 0. The van der Waals surface area contributed by atoms with E-state index >= 15 is 0 Å². The van der Waals surface area contributed by atoms with Gasteiger partial charge in [-0.15, -0.1) is 6.58 Å². The van der Waals surface area contributed by atoms with E-state index in [1.165, 1.54) is 0 Å². The van der Waals surface area contributed by atoms with Crippen LogP contribution >= 0.6 is 0 Å². The van der Waals surface area contributed by atoms with E-state index in [0.29, 0.717) is 18.5 Å². The first-order chi connectivity index (χ1) is 4.66. The molecule has 0 aliphatic heterocycles. The first-order valence-electron chi connectivity index (χ1n) is 3.34.